The third-order valence-corrected chi connectivity index (χ3v) is 4.01. The number of aryl methyl sites for hydroxylation is 1. The number of piperidine rings is 1. The van der Waals surface area contributed by atoms with Crippen LogP contribution in [0.1, 0.15) is 32.4 Å². The molecule has 6 nitrogen and oxygen atoms in total. The zero-order valence-corrected chi connectivity index (χ0v) is 13.0. The first-order valence-electron chi connectivity index (χ1n) is 7.58. The van der Waals surface area contributed by atoms with Crippen molar-refractivity contribution in [3.63, 3.8) is 0 Å². The normalized spacial score (nSPS) is 18.8. The predicted molar refractivity (Wildman–Crippen MR) is 83.7 cm³/mol. The molecule has 2 rings (SSSR count). The molecule has 1 N–H and O–H groups in total. The van der Waals surface area contributed by atoms with Gasteiger partial charge < -0.3 is 10.2 Å². The summed E-state index contributed by atoms with van der Waals surface area (Å²) in [6.45, 7) is 9.04. The molecule has 0 radical (unpaired) electrons. The molecule has 1 aromatic heterocycles. The van der Waals surface area contributed by atoms with E-state index in [-0.39, 0.29) is 10.6 Å². The lowest BCUT2D eigenvalue weighted by atomic mass is 9.98. The summed E-state index contributed by atoms with van der Waals surface area (Å²) < 4.78 is 0. The van der Waals surface area contributed by atoms with Crippen LogP contribution >= 0.6 is 0 Å². The first kappa shape index (κ1) is 15.7. The molecule has 21 heavy (non-hydrogen) atoms. The summed E-state index contributed by atoms with van der Waals surface area (Å²) >= 11 is 0. The molecule has 0 spiro atoms. The zero-order valence-electron chi connectivity index (χ0n) is 13.0. The maximum atomic E-state index is 10.9. The van der Waals surface area contributed by atoms with Gasteiger partial charge in [-0.05, 0) is 58.7 Å². The smallest absolute Gasteiger partial charge is 0.290 e. The quantitative estimate of drug-likeness (QED) is 0.667. The predicted octanol–water partition coefficient (Wildman–Crippen LogP) is 2.51. The number of aromatic nitrogens is 1. The van der Waals surface area contributed by atoms with Crippen LogP contribution in [0, 0.1) is 23.0 Å². The van der Waals surface area contributed by atoms with Crippen molar-refractivity contribution in [2.45, 2.75) is 39.7 Å². The number of hydrogen-bond acceptors (Lipinski definition) is 5. The Hall–Kier alpha value is -1.69. The molecule has 1 aromatic rings. The van der Waals surface area contributed by atoms with Gasteiger partial charge in [-0.3, -0.25) is 10.1 Å². The van der Waals surface area contributed by atoms with Crippen molar-refractivity contribution in [2.75, 3.05) is 24.5 Å². The molecule has 0 saturated carbocycles. The van der Waals surface area contributed by atoms with Gasteiger partial charge in [0.05, 0.1) is 4.92 Å². The van der Waals surface area contributed by atoms with E-state index in [2.05, 4.69) is 29.0 Å². The number of nitrogens with zero attached hydrogens (tertiary/aromatic N) is 3. The Kier molecular flexibility index (Phi) is 5.12. The SMILES string of the molecule is Cc1nc(N(CC2CCCNC2)C(C)C)ccc1[N+](=O)[O-]. The number of anilines is 1. The summed E-state index contributed by atoms with van der Waals surface area (Å²) in [5, 5.41) is 14.3. The summed E-state index contributed by atoms with van der Waals surface area (Å²) in [5.41, 5.74) is 0.562. The maximum absolute atomic E-state index is 10.9. The Bertz CT molecular complexity index is 498. The van der Waals surface area contributed by atoms with E-state index in [1.54, 1.807) is 19.1 Å². The molecule has 1 aliphatic rings. The van der Waals surface area contributed by atoms with Gasteiger partial charge >= 0.3 is 0 Å². The summed E-state index contributed by atoms with van der Waals surface area (Å²) in [6.07, 6.45) is 2.44. The van der Waals surface area contributed by atoms with E-state index in [0.717, 1.165) is 25.5 Å². The van der Waals surface area contributed by atoms with E-state index < -0.39 is 0 Å². The average Bonchev–Trinajstić information content (AvgIpc) is 2.45. The number of rotatable bonds is 5. The van der Waals surface area contributed by atoms with Gasteiger partial charge in [-0.1, -0.05) is 0 Å². The maximum Gasteiger partial charge on any atom is 0.290 e. The van der Waals surface area contributed by atoms with Gasteiger partial charge in [-0.2, -0.15) is 0 Å². The second-order valence-electron chi connectivity index (χ2n) is 5.99. The zero-order chi connectivity index (χ0) is 15.4. The van der Waals surface area contributed by atoms with E-state index in [0.29, 0.717) is 17.7 Å². The van der Waals surface area contributed by atoms with E-state index in [1.165, 1.54) is 12.8 Å². The second kappa shape index (κ2) is 6.85. The summed E-state index contributed by atoms with van der Waals surface area (Å²) in [5.74, 6) is 1.44. The molecule has 0 aliphatic carbocycles. The third kappa shape index (κ3) is 3.91. The van der Waals surface area contributed by atoms with Crippen molar-refractivity contribution in [3.05, 3.63) is 27.9 Å². The molecule has 0 aromatic carbocycles. The Balaban J connectivity index is 2.17. The van der Waals surface area contributed by atoms with Gasteiger partial charge in [0.1, 0.15) is 11.5 Å². The highest BCUT2D eigenvalue weighted by Gasteiger charge is 2.21. The molecule has 1 fully saturated rings. The lowest BCUT2D eigenvalue weighted by Gasteiger charge is -2.33. The highest BCUT2D eigenvalue weighted by Crippen LogP contribution is 2.24. The van der Waals surface area contributed by atoms with E-state index >= 15 is 0 Å². The molecular formula is C15H24N4O2. The van der Waals surface area contributed by atoms with Crippen LogP contribution in [-0.2, 0) is 0 Å². The van der Waals surface area contributed by atoms with Gasteiger partial charge in [-0.15, -0.1) is 0 Å². The van der Waals surface area contributed by atoms with Crippen molar-refractivity contribution in [1.82, 2.24) is 10.3 Å². The molecule has 1 atom stereocenters. The molecule has 116 valence electrons. The molecule has 1 unspecified atom stereocenters. The molecule has 1 saturated heterocycles. The fraction of sp³-hybridized carbons (Fsp3) is 0.667. The van der Waals surface area contributed by atoms with Gasteiger partial charge in [-0.25, -0.2) is 4.98 Å². The molecule has 1 aliphatic heterocycles. The minimum atomic E-state index is -0.378. The topological polar surface area (TPSA) is 71.3 Å². The van der Waals surface area contributed by atoms with E-state index in [9.17, 15) is 10.1 Å². The number of hydrogen-bond donors (Lipinski definition) is 1. The summed E-state index contributed by atoms with van der Waals surface area (Å²) in [4.78, 5) is 17.2. The van der Waals surface area contributed by atoms with Crippen LogP contribution in [0.5, 0.6) is 0 Å². The lowest BCUT2D eigenvalue weighted by Crippen LogP contribution is -2.41. The largest absolute Gasteiger partial charge is 0.354 e. The van der Waals surface area contributed by atoms with Crippen LogP contribution in [0.3, 0.4) is 0 Å². The molecule has 0 bridgehead atoms. The number of nitro groups is 1. The highest BCUT2D eigenvalue weighted by atomic mass is 16.6. The molecule has 2 heterocycles. The Morgan fingerprint density at radius 2 is 2.29 bits per heavy atom. The van der Waals surface area contributed by atoms with Crippen LogP contribution in [0.25, 0.3) is 0 Å². The summed E-state index contributed by atoms with van der Waals surface area (Å²) in [7, 11) is 0. The Morgan fingerprint density at radius 3 is 2.81 bits per heavy atom. The standard InChI is InChI=1S/C15H24N4O2/c1-11(2)18(10-13-5-4-8-16-9-13)15-7-6-14(19(20)21)12(3)17-15/h6-7,11,13,16H,4-5,8-10H2,1-3H3. The highest BCUT2D eigenvalue weighted by molar-refractivity contribution is 5.47. The second-order valence-corrected chi connectivity index (χ2v) is 5.99. The minimum absolute atomic E-state index is 0.0850. The fourth-order valence-corrected chi connectivity index (χ4v) is 2.82. The monoisotopic (exact) mass is 292 g/mol. The van der Waals surface area contributed by atoms with Gasteiger partial charge in [0.15, 0.2) is 0 Å². The first-order valence-corrected chi connectivity index (χ1v) is 7.58. The number of pyridine rings is 1. The summed E-state index contributed by atoms with van der Waals surface area (Å²) in [6, 6.07) is 3.65. The third-order valence-electron chi connectivity index (χ3n) is 4.01. The van der Waals surface area contributed by atoms with Crippen molar-refractivity contribution < 1.29 is 4.92 Å². The molecular weight excluding hydrogens is 268 g/mol. The van der Waals surface area contributed by atoms with Crippen molar-refractivity contribution in [3.8, 4) is 0 Å². The Morgan fingerprint density at radius 1 is 1.52 bits per heavy atom. The van der Waals surface area contributed by atoms with Crippen LogP contribution in [0.15, 0.2) is 12.1 Å². The van der Waals surface area contributed by atoms with Crippen molar-refractivity contribution >= 4 is 11.5 Å². The van der Waals surface area contributed by atoms with Crippen LogP contribution in [-0.4, -0.2) is 35.6 Å². The average molecular weight is 292 g/mol. The fourth-order valence-electron chi connectivity index (χ4n) is 2.82. The van der Waals surface area contributed by atoms with Crippen LogP contribution in [0.2, 0.25) is 0 Å². The number of nitrogens with one attached hydrogen (secondary N) is 1. The van der Waals surface area contributed by atoms with Crippen LogP contribution in [0.4, 0.5) is 11.5 Å². The van der Waals surface area contributed by atoms with Gasteiger partial charge in [0, 0.05) is 18.7 Å². The van der Waals surface area contributed by atoms with Gasteiger partial charge in [0.25, 0.3) is 5.69 Å². The molecule has 0 amide bonds. The van der Waals surface area contributed by atoms with Crippen molar-refractivity contribution in [2.24, 2.45) is 5.92 Å². The first-order chi connectivity index (χ1) is 9.99. The Labute approximate surface area is 125 Å². The van der Waals surface area contributed by atoms with Gasteiger partial charge in [0.2, 0.25) is 0 Å². The van der Waals surface area contributed by atoms with Crippen molar-refractivity contribution in [1.29, 1.82) is 0 Å². The van der Waals surface area contributed by atoms with E-state index in [4.69, 9.17) is 0 Å². The van der Waals surface area contributed by atoms with E-state index in [1.807, 2.05) is 0 Å². The minimum Gasteiger partial charge on any atom is -0.354 e. The molecule has 6 heteroatoms. The van der Waals surface area contributed by atoms with Crippen LogP contribution < -0.4 is 10.2 Å². The lowest BCUT2D eigenvalue weighted by molar-refractivity contribution is -0.385.